The standard InChI is InChI=1S/C14H21BrN2O2/c1-3-6-19-7-4-5-17-14(18)12-8-11(15)9-13(16)10(12)2/h8-9H,3-7,16H2,1-2H3,(H,17,18). The summed E-state index contributed by atoms with van der Waals surface area (Å²) in [5.74, 6) is -0.0963. The predicted molar refractivity (Wildman–Crippen MR) is 81.4 cm³/mol. The SMILES string of the molecule is CCCOCCCNC(=O)c1cc(Br)cc(N)c1C. The van der Waals surface area contributed by atoms with E-state index in [0.717, 1.165) is 29.5 Å². The number of rotatable bonds is 7. The van der Waals surface area contributed by atoms with Crippen molar-refractivity contribution in [1.82, 2.24) is 5.32 Å². The summed E-state index contributed by atoms with van der Waals surface area (Å²) in [5.41, 5.74) is 7.88. The van der Waals surface area contributed by atoms with Crippen LogP contribution < -0.4 is 11.1 Å². The third-order valence-electron chi connectivity index (χ3n) is 2.76. The number of hydrogen-bond acceptors (Lipinski definition) is 3. The second-order valence-corrected chi connectivity index (χ2v) is 5.31. The monoisotopic (exact) mass is 328 g/mol. The molecule has 1 aromatic rings. The summed E-state index contributed by atoms with van der Waals surface area (Å²) in [6, 6.07) is 3.58. The van der Waals surface area contributed by atoms with Gasteiger partial charge in [0.2, 0.25) is 0 Å². The van der Waals surface area contributed by atoms with Gasteiger partial charge < -0.3 is 15.8 Å². The lowest BCUT2D eigenvalue weighted by molar-refractivity contribution is 0.0941. The molecule has 0 aliphatic heterocycles. The van der Waals surface area contributed by atoms with Crippen molar-refractivity contribution in [2.45, 2.75) is 26.7 Å². The van der Waals surface area contributed by atoms with Crippen molar-refractivity contribution in [3.05, 3.63) is 27.7 Å². The van der Waals surface area contributed by atoms with Crippen LogP contribution >= 0.6 is 15.9 Å². The minimum absolute atomic E-state index is 0.0963. The second kappa shape index (κ2) is 8.17. The number of carbonyl (C=O) groups excluding carboxylic acids is 1. The highest BCUT2D eigenvalue weighted by Gasteiger charge is 2.11. The number of nitrogens with one attached hydrogen (secondary N) is 1. The largest absolute Gasteiger partial charge is 0.398 e. The lowest BCUT2D eigenvalue weighted by Gasteiger charge is -2.10. The van der Waals surface area contributed by atoms with E-state index in [9.17, 15) is 4.79 Å². The number of benzene rings is 1. The van der Waals surface area contributed by atoms with Crippen molar-refractivity contribution in [1.29, 1.82) is 0 Å². The summed E-state index contributed by atoms with van der Waals surface area (Å²) < 4.78 is 6.17. The van der Waals surface area contributed by atoms with Crippen molar-refractivity contribution in [2.24, 2.45) is 0 Å². The van der Waals surface area contributed by atoms with Gasteiger partial charge in [0.25, 0.3) is 5.91 Å². The Hall–Kier alpha value is -1.07. The Morgan fingerprint density at radius 1 is 1.42 bits per heavy atom. The van der Waals surface area contributed by atoms with Crippen LogP contribution in [-0.2, 0) is 4.74 Å². The fourth-order valence-corrected chi connectivity index (χ4v) is 2.13. The Balaban J connectivity index is 2.46. The van der Waals surface area contributed by atoms with Gasteiger partial charge in [0.15, 0.2) is 0 Å². The van der Waals surface area contributed by atoms with E-state index in [1.54, 1.807) is 12.1 Å². The van der Waals surface area contributed by atoms with Crippen LogP contribution in [0.1, 0.15) is 35.7 Å². The Bertz CT molecular complexity index is 436. The van der Waals surface area contributed by atoms with Crippen molar-refractivity contribution in [3.63, 3.8) is 0 Å². The van der Waals surface area contributed by atoms with Crippen molar-refractivity contribution < 1.29 is 9.53 Å². The highest BCUT2D eigenvalue weighted by atomic mass is 79.9. The summed E-state index contributed by atoms with van der Waals surface area (Å²) in [5, 5.41) is 2.88. The Kier molecular flexibility index (Phi) is 6.87. The van der Waals surface area contributed by atoms with E-state index >= 15 is 0 Å². The first-order valence-electron chi connectivity index (χ1n) is 6.47. The van der Waals surface area contributed by atoms with Gasteiger partial charge in [-0.25, -0.2) is 0 Å². The molecule has 1 aromatic carbocycles. The topological polar surface area (TPSA) is 64.3 Å². The molecule has 0 atom stereocenters. The number of amides is 1. The van der Waals surface area contributed by atoms with E-state index in [2.05, 4.69) is 28.2 Å². The minimum Gasteiger partial charge on any atom is -0.398 e. The molecule has 19 heavy (non-hydrogen) atoms. The van der Waals surface area contributed by atoms with Crippen LogP contribution in [0, 0.1) is 6.92 Å². The Morgan fingerprint density at radius 2 is 2.16 bits per heavy atom. The van der Waals surface area contributed by atoms with Gasteiger partial charge in [0.05, 0.1) is 0 Å². The molecule has 0 spiro atoms. The van der Waals surface area contributed by atoms with Gasteiger partial charge in [0.1, 0.15) is 0 Å². The summed E-state index contributed by atoms with van der Waals surface area (Å²) >= 11 is 3.35. The molecule has 0 unspecified atom stereocenters. The molecule has 0 saturated carbocycles. The van der Waals surface area contributed by atoms with Crippen LogP contribution in [0.5, 0.6) is 0 Å². The molecule has 0 fully saturated rings. The molecule has 0 aliphatic rings. The number of nitrogens with two attached hydrogens (primary N) is 1. The van der Waals surface area contributed by atoms with E-state index in [1.807, 2.05) is 6.92 Å². The Morgan fingerprint density at radius 3 is 2.84 bits per heavy atom. The molecule has 4 nitrogen and oxygen atoms in total. The Labute approximate surface area is 122 Å². The lowest BCUT2D eigenvalue weighted by atomic mass is 10.1. The zero-order valence-corrected chi connectivity index (χ0v) is 13.0. The highest BCUT2D eigenvalue weighted by Crippen LogP contribution is 2.22. The summed E-state index contributed by atoms with van der Waals surface area (Å²) in [4.78, 5) is 12.0. The second-order valence-electron chi connectivity index (χ2n) is 4.39. The summed E-state index contributed by atoms with van der Waals surface area (Å²) in [6.07, 6.45) is 1.83. The first-order valence-corrected chi connectivity index (χ1v) is 7.27. The number of hydrogen-bond donors (Lipinski definition) is 2. The molecule has 0 heterocycles. The molecule has 0 saturated heterocycles. The van der Waals surface area contributed by atoms with E-state index in [1.165, 1.54) is 0 Å². The van der Waals surface area contributed by atoms with Gasteiger partial charge >= 0.3 is 0 Å². The third kappa shape index (κ3) is 5.20. The lowest BCUT2D eigenvalue weighted by Crippen LogP contribution is -2.26. The first kappa shape index (κ1) is 16.0. The van der Waals surface area contributed by atoms with E-state index < -0.39 is 0 Å². The van der Waals surface area contributed by atoms with Crippen molar-refractivity contribution >= 4 is 27.5 Å². The van der Waals surface area contributed by atoms with E-state index in [-0.39, 0.29) is 5.91 Å². The van der Waals surface area contributed by atoms with Crippen LogP contribution in [0.4, 0.5) is 5.69 Å². The maximum Gasteiger partial charge on any atom is 0.251 e. The van der Waals surface area contributed by atoms with Crippen LogP contribution in [0.25, 0.3) is 0 Å². The molecule has 0 radical (unpaired) electrons. The number of anilines is 1. The fraction of sp³-hybridized carbons (Fsp3) is 0.500. The predicted octanol–water partition coefficient (Wildman–Crippen LogP) is 2.89. The quantitative estimate of drug-likeness (QED) is 0.597. The number of halogens is 1. The maximum absolute atomic E-state index is 12.0. The first-order chi connectivity index (χ1) is 9.06. The van der Waals surface area contributed by atoms with Gasteiger partial charge in [-0.3, -0.25) is 4.79 Å². The molecule has 0 bridgehead atoms. The molecule has 106 valence electrons. The van der Waals surface area contributed by atoms with Gasteiger partial charge in [-0.05, 0) is 37.5 Å². The van der Waals surface area contributed by atoms with Crippen LogP contribution in [0.3, 0.4) is 0 Å². The van der Waals surface area contributed by atoms with Gasteiger partial charge in [-0.2, -0.15) is 0 Å². The average molecular weight is 329 g/mol. The highest BCUT2D eigenvalue weighted by molar-refractivity contribution is 9.10. The van der Waals surface area contributed by atoms with Crippen molar-refractivity contribution in [2.75, 3.05) is 25.5 Å². The smallest absolute Gasteiger partial charge is 0.251 e. The summed E-state index contributed by atoms with van der Waals surface area (Å²) in [6.45, 7) is 5.97. The number of nitrogen functional groups attached to an aromatic ring is 1. The van der Waals surface area contributed by atoms with Gasteiger partial charge in [-0.1, -0.05) is 22.9 Å². The molecular weight excluding hydrogens is 308 g/mol. The van der Waals surface area contributed by atoms with Gasteiger partial charge in [-0.15, -0.1) is 0 Å². The van der Waals surface area contributed by atoms with Crippen LogP contribution in [0.2, 0.25) is 0 Å². The van der Waals surface area contributed by atoms with E-state index in [0.29, 0.717) is 24.4 Å². The molecule has 5 heteroatoms. The maximum atomic E-state index is 12.0. The van der Waals surface area contributed by atoms with E-state index in [4.69, 9.17) is 10.5 Å². The molecule has 3 N–H and O–H groups in total. The molecule has 1 rings (SSSR count). The minimum atomic E-state index is -0.0963. The zero-order chi connectivity index (χ0) is 14.3. The zero-order valence-electron chi connectivity index (χ0n) is 11.5. The molecule has 0 aliphatic carbocycles. The third-order valence-corrected chi connectivity index (χ3v) is 3.21. The fourth-order valence-electron chi connectivity index (χ4n) is 1.65. The average Bonchev–Trinajstić information content (AvgIpc) is 2.37. The van der Waals surface area contributed by atoms with Crippen LogP contribution in [-0.4, -0.2) is 25.7 Å². The number of ether oxygens (including phenoxy) is 1. The molecule has 1 amide bonds. The summed E-state index contributed by atoms with van der Waals surface area (Å²) in [7, 11) is 0. The van der Waals surface area contributed by atoms with Crippen molar-refractivity contribution in [3.8, 4) is 0 Å². The molecular formula is C14H21BrN2O2. The van der Waals surface area contributed by atoms with Crippen LogP contribution in [0.15, 0.2) is 16.6 Å². The van der Waals surface area contributed by atoms with Gasteiger partial charge in [0, 0.05) is 35.5 Å². The normalized spacial score (nSPS) is 10.5. The number of carbonyl (C=O) groups is 1. The molecule has 0 aromatic heterocycles.